The summed E-state index contributed by atoms with van der Waals surface area (Å²) in [7, 11) is 0. The van der Waals surface area contributed by atoms with E-state index in [4.69, 9.17) is 4.74 Å². The molecule has 1 rings (SSSR count). The molecule has 0 fully saturated rings. The van der Waals surface area contributed by atoms with Crippen molar-refractivity contribution in [1.82, 2.24) is 5.32 Å². The first kappa shape index (κ1) is 19.9. The number of Topliss-reactive ketones (excluding diaryl/α,β-unsaturated/α-hetero) is 1. The van der Waals surface area contributed by atoms with E-state index in [-0.39, 0.29) is 12.4 Å². The summed E-state index contributed by atoms with van der Waals surface area (Å²) in [5, 5.41) is 12.2. The van der Waals surface area contributed by atoms with Crippen molar-refractivity contribution in [3.8, 4) is 0 Å². The van der Waals surface area contributed by atoms with Gasteiger partial charge < -0.3 is 15.2 Å². The maximum Gasteiger partial charge on any atom is 0.408 e. The number of ether oxygens (including phenoxy) is 1. The van der Waals surface area contributed by atoms with Crippen molar-refractivity contribution in [2.24, 2.45) is 5.41 Å². The molecule has 5 heteroatoms. The standard InChI is InChI=1S/C19H27NO4/c1-6-19(5,13-21)16(22)15(12-14-10-8-7-9-11-14)20-17(23)24-18(2,3)4/h6-11,15,21H,1,12-13H2,2-5H3,(H,20,23)/t15-,19-/m0/s1. The molecule has 2 atom stereocenters. The van der Waals surface area contributed by atoms with Crippen LogP contribution in [0.5, 0.6) is 0 Å². The van der Waals surface area contributed by atoms with Gasteiger partial charge in [0.2, 0.25) is 0 Å². The SMILES string of the molecule is C=C[C@@](C)(CO)C(=O)[C@H](Cc1ccccc1)NC(=O)OC(C)(C)C. The van der Waals surface area contributed by atoms with Crippen LogP contribution in [0.2, 0.25) is 0 Å². The van der Waals surface area contributed by atoms with E-state index in [0.717, 1.165) is 5.56 Å². The normalized spacial score (nSPS) is 15.0. The van der Waals surface area contributed by atoms with E-state index in [0.29, 0.717) is 6.42 Å². The Bertz CT molecular complexity index is 577. The molecule has 0 unspecified atom stereocenters. The summed E-state index contributed by atoms with van der Waals surface area (Å²) in [6.07, 6.45) is 1.05. The number of rotatable bonds is 7. The summed E-state index contributed by atoms with van der Waals surface area (Å²) in [6.45, 7) is 10.1. The number of carbonyl (C=O) groups excluding carboxylic acids is 2. The Hall–Kier alpha value is -2.14. The maximum atomic E-state index is 12.8. The van der Waals surface area contributed by atoms with E-state index in [2.05, 4.69) is 11.9 Å². The quantitative estimate of drug-likeness (QED) is 0.752. The molecular formula is C19H27NO4. The molecule has 1 aromatic rings. The van der Waals surface area contributed by atoms with Crippen molar-refractivity contribution >= 4 is 11.9 Å². The molecule has 2 N–H and O–H groups in total. The van der Waals surface area contributed by atoms with Crippen LogP contribution in [0.1, 0.15) is 33.3 Å². The van der Waals surface area contributed by atoms with Crippen LogP contribution in [-0.2, 0) is 16.0 Å². The van der Waals surface area contributed by atoms with Crippen molar-refractivity contribution in [3.63, 3.8) is 0 Å². The molecule has 0 spiro atoms. The van der Waals surface area contributed by atoms with Crippen molar-refractivity contribution < 1.29 is 19.4 Å². The van der Waals surface area contributed by atoms with Crippen molar-refractivity contribution in [2.45, 2.75) is 45.8 Å². The van der Waals surface area contributed by atoms with Gasteiger partial charge in [0, 0.05) is 0 Å². The zero-order chi connectivity index (χ0) is 18.4. The monoisotopic (exact) mass is 333 g/mol. The maximum absolute atomic E-state index is 12.8. The predicted octanol–water partition coefficient (Wildman–Crippen LogP) is 2.88. The Labute approximate surface area is 143 Å². The number of alkyl carbamates (subject to hydrolysis) is 1. The van der Waals surface area contributed by atoms with Gasteiger partial charge in [-0.05, 0) is 39.7 Å². The van der Waals surface area contributed by atoms with Crippen LogP contribution >= 0.6 is 0 Å². The van der Waals surface area contributed by atoms with Crippen LogP contribution in [0.3, 0.4) is 0 Å². The molecule has 1 aromatic carbocycles. The van der Waals surface area contributed by atoms with E-state index in [1.165, 1.54) is 6.08 Å². The summed E-state index contributed by atoms with van der Waals surface area (Å²) in [5.41, 5.74) is -0.895. The Morgan fingerprint density at radius 2 is 1.83 bits per heavy atom. The largest absolute Gasteiger partial charge is 0.444 e. The Kier molecular flexibility index (Phi) is 6.72. The van der Waals surface area contributed by atoms with Gasteiger partial charge >= 0.3 is 6.09 Å². The van der Waals surface area contributed by atoms with E-state index < -0.39 is 23.2 Å². The third kappa shape index (κ3) is 5.81. The minimum Gasteiger partial charge on any atom is -0.444 e. The van der Waals surface area contributed by atoms with E-state index >= 15 is 0 Å². The molecule has 0 aliphatic carbocycles. The molecular weight excluding hydrogens is 306 g/mol. The van der Waals surface area contributed by atoms with Crippen LogP contribution < -0.4 is 5.32 Å². The molecule has 0 radical (unpaired) electrons. The summed E-state index contributed by atoms with van der Waals surface area (Å²) >= 11 is 0. The van der Waals surface area contributed by atoms with Gasteiger partial charge in [-0.1, -0.05) is 36.4 Å². The highest BCUT2D eigenvalue weighted by Gasteiger charge is 2.36. The number of hydrogen-bond acceptors (Lipinski definition) is 4. The highest BCUT2D eigenvalue weighted by atomic mass is 16.6. The van der Waals surface area contributed by atoms with Gasteiger partial charge in [0.25, 0.3) is 0 Å². The number of aliphatic hydroxyl groups is 1. The number of carbonyl (C=O) groups is 2. The molecule has 1 amide bonds. The molecule has 0 aromatic heterocycles. The minimum atomic E-state index is -1.13. The van der Waals surface area contributed by atoms with Gasteiger partial charge in [0.15, 0.2) is 5.78 Å². The summed E-state index contributed by atoms with van der Waals surface area (Å²) in [4.78, 5) is 24.9. The van der Waals surface area contributed by atoms with Gasteiger partial charge in [-0.25, -0.2) is 4.79 Å². The molecule has 0 aliphatic rings. The van der Waals surface area contributed by atoms with Gasteiger partial charge in [0.1, 0.15) is 5.60 Å². The lowest BCUT2D eigenvalue weighted by Gasteiger charge is -2.29. The van der Waals surface area contributed by atoms with Crippen LogP contribution in [0, 0.1) is 5.41 Å². The topological polar surface area (TPSA) is 75.6 Å². The molecule has 5 nitrogen and oxygen atoms in total. The number of nitrogens with one attached hydrogen (secondary N) is 1. The lowest BCUT2D eigenvalue weighted by Crippen LogP contribution is -2.50. The van der Waals surface area contributed by atoms with Crippen molar-refractivity contribution in [2.75, 3.05) is 6.61 Å². The van der Waals surface area contributed by atoms with Crippen LogP contribution in [0.4, 0.5) is 4.79 Å². The summed E-state index contributed by atoms with van der Waals surface area (Å²) in [6, 6.07) is 8.54. The zero-order valence-electron chi connectivity index (χ0n) is 14.8. The fourth-order valence-electron chi connectivity index (χ4n) is 2.15. The minimum absolute atomic E-state index is 0.308. The second kappa shape index (κ2) is 8.11. The first-order valence-electron chi connectivity index (χ1n) is 7.93. The van der Waals surface area contributed by atoms with Gasteiger partial charge in [-0.2, -0.15) is 0 Å². The van der Waals surface area contributed by atoms with Crippen molar-refractivity contribution in [3.05, 3.63) is 48.6 Å². The summed E-state index contributed by atoms with van der Waals surface area (Å²) in [5.74, 6) is -0.310. The van der Waals surface area contributed by atoms with Crippen LogP contribution in [-0.4, -0.2) is 35.2 Å². The number of hydrogen-bond donors (Lipinski definition) is 2. The number of amides is 1. The lowest BCUT2D eigenvalue weighted by molar-refractivity contribution is -0.129. The fourth-order valence-corrected chi connectivity index (χ4v) is 2.15. The molecule has 0 heterocycles. The zero-order valence-corrected chi connectivity index (χ0v) is 14.8. The van der Waals surface area contributed by atoms with Crippen LogP contribution in [0.25, 0.3) is 0 Å². The number of aliphatic hydroxyl groups excluding tert-OH is 1. The van der Waals surface area contributed by atoms with Gasteiger partial charge in [-0.3, -0.25) is 4.79 Å². The third-order valence-corrected chi connectivity index (χ3v) is 3.63. The van der Waals surface area contributed by atoms with Crippen LogP contribution in [0.15, 0.2) is 43.0 Å². The van der Waals surface area contributed by atoms with Crippen molar-refractivity contribution in [1.29, 1.82) is 0 Å². The molecule has 0 saturated heterocycles. The number of benzene rings is 1. The predicted molar refractivity (Wildman–Crippen MR) is 93.7 cm³/mol. The molecule has 0 saturated carbocycles. The van der Waals surface area contributed by atoms with E-state index in [1.54, 1.807) is 27.7 Å². The highest BCUT2D eigenvalue weighted by Crippen LogP contribution is 2.22. The fraction of sp³-hybridized carbons (Fsp3) is 0.474. The highest BCUT2D eigenvalue weighted by molar-refractivity contribution is 5.93. The average Bonchev–Trinajstić information content (AvgIpc) is 2.52. The second-order valence-electron chi connectivity index (χ2n) is 7.03. The molecule has 0 aliphatic heterocycles. The van der Waals surface area contributed by atoms with E-state index in [1.807, 2.05) is 30.3 Å². The molecule has 132 valence electrons. The van der Waals surface area contributed by atoms with E-state index in [9.17, 15) is 14.7 Å². The number of ketones is 1. The molecule has 24 heavy (non-hydrogen) atoms. The average molecular weight is 333 g/mol. The Morgan fingerprint density at radius 3 is 2.29 bits per heavy atom. The second-order valence-corrected chi connectivity index (χ2v) is 7.03. The Balaban J connectivity index is 3.01. The smallest absolute Gasteiger partial charge is 0.408 e. The van der Waals surface area contributed by atoms with Gasteiger partial charge in [0.05, 0.1) is 18.1 Å². The first-order chi connectivity index (χ1) is 11.1. The van der Waals surface area contributed by atoms with Gasteiger partial charge in [-0.15, -0.1) is 6.58 Å². The summed E-state index contributed by atoms with van der Waals surface area (Å²) < 4.78 is 5.25. The first-order valence-corrected chi connectivity index (χ1v) is 7.93. The third-order valence-electron chi connectivity index (χ3n) is 3.63. The Morgan fingerprint density at radius 1 is 1.25 bits per heavy atom. The lowest BCUT2D eigenvalue weighted by atomic mass is 9.81. The molecule has 0 bridgehead atoms.